The lowest BCUT2D eigenvalue weighted by Gasteiger charge is -2.19. The standard InChI is InChI=1S/C16H18BrNOS/c1-11(18-2)16-14(19-3)8-5-9-15(16)20-13-7-4-6-12(17)10-13/h4-11,18H,1-3H3. The highest BCUT2D eigenvalue weighted by Gasteiger charge is 2.15. The normalized spacial score (nSPS) is 12.2. The average molecular weight is 352 g/mol. The zero-order valence-corrected chi connectivity index (χ0v) is 14.2. The Bertz CT molecular complexity index is 588. The summed E-state index contributed by atoms with van der Waals surface area (Å²) in [7, 11) is 3.68. The van der Waals surface area contributed by atoms with E-state index in [-0.39, 0.29) is 6.04 Å². The number of ether oxygens (including phenoxy) is 1. The van der Waals surface area contributed by atoms with Gasteiger partial charge in [-0.25, -0.2) is 0 Å². The first-order valence-electron chi connectivity index (χ1n) is 6.43. The monoisotopic (exact) mass is 351 g/mol. The van der Waals surface area contributed by atoms with Crippen LogP contribution in [0.15, 0.2) is 56.7 Å². The molecule has 4 heteroatoms. The lowest BCUT2D eigenvalue weighted by Crippen LogP contribution is -2.14. The zero-order chi connectivity index (χ0) is 14.5. The molecule has 0 bridgehead atoms. The second kappa shape index (κ2) is 7.16. The summed E-state index contributed by atoms with van der Waals surface area (Å²) in [5.74, 6) is 0.923. The largest absolute Gasteiger partial charge is 0.496 e. The molecule has 2 aromatic carbocycles. The van der Waals surface area contributed by atoms with E-state index >= 15 is 0 Å². The molecule has 1 unspecified atom stereocenters. The number of hydrogen-bond donors (Lipinski definition) is 1. The molecule has 2 rings (SSSR count). The predicted octanol–water partition coefficient (Wildman–Crippen LogP) is 4.89. The summed E-state index contributed by atoms with van der Waals surface area (Å²) in [5, 5.41) is 3.29. The van der Waals surface area contributed by atoms with Crippen molar-refractivity contribution in [1.82, 2.24) is 5.32 Å². The molecule has 0 heterocycles. The molecule has 0 aliphatic rings. The molecule has 20 heavy (non-hydrogen) atoms. The van der Waals surface area contributed by atoms with Crippen molar-refractivity contribution in [2.75, 3.05) is 14.2 Å². The van der Waals surface area contributed by atoms with E-state index in [0.29, 0.717) is 0 Å². The van der Waals surface area contributed by atoms with E-state index in [1.54, 1.807) is 18.9 Å². The molecule has 0 amide bonds. The number of halogens is 1. The fourth-order valence-corrected chi connectivity index (χ4v) is 3.69. The molecule has 2 aromatic rings. The van der Waals surface area contributed by atoms with E-state index in [1.807, 2.05) is 31.3 Å². The number of hydrogen-bond acceptors (Lipinski definition) is 3. The Labute approximate surface area is 133 Å². The maximum atomic E-state index is 5.51. The van der Waals surface area contributed by atoms with Crippen molar-refractivity contribution in [2.24, 2.45) is 0 Å². The second-order valence-electron chi connectivity index (χ2n) is 4.44. The first-order chi connectivity index (χ1) is 9.65. The van der Waals surface area contributed by atoms with Crippen molar-refractivity contribution in [1.29, 1.82) is 0 Å². The maximum absolute atomic E-state index is 5.51. The topological polar surface area (TPSA) is 21.3 Å². The Hall–Kier alpha value is -0.970. The zero-order valence-electron chi connectivity index (χ0n) is 11.8. The minimum Gasteiger partial charge on any atom is -0.496 e. The summed E-state index contributed by atoms with van der Waals surface area (Å²) in [5.41, 5.74) is 1.20. The summed E-state index contributed by atoms with van der Waals surface area (Å²) in [6, 6.07) is 14.7. The van der Waals surface area contributed by atoms with E-state index in [2.05, 4.69) is 46.4 Å². The van der Waals surface area contributed by atoms with Crippen molar-refractivity contribution in [2.45, 2.75) is 22.8 Å². The summed E-state index contributed by atoms with van der Waals surface area (Å²) in [6.45, 7) is 2.14. The third kappa shape index (κ3) is 3.57. The van der Waals surface area contributed by atoms with Crippen LogP contribution in [-0.4, -0.2) is 14.2 Å². The van der Waals surface area contributed by atoms with Gasteiger partial charge < -0.3 is 10.1 Å². The molecule has 1 N–H and O–H groups in total. The molecule has 106 valence electrons. The van der Waals surface area contributed by atoms with E-state index in [9.17, 15) is 0 Å². The highest BCUT2D eigenvalue weighted by atomic mass is 79.9. The van der Waals surface area contributed by atoms with Crippen molar-refractivity contribution >= 4 is 27.7 Å². The molecule has 0 saturated heterocycles. The van der Waals surface area contributed by atoms with Gasteiger partial charge in [0, 0.05) is 25.9 Å². The number of benzene rings is 2. The van der Waals surface area contributed by atoms with Crippen LogP contribution < -0.4 is 10.1 Å². The maximum Gasteiger partial charge on any atom is 0.124 e. The minimum atomic E-state index is 0.237. The van der Waals surface area contributed by atoms with Crippen LogP contribution in [-0.2, 0) is 0 Å². The van der Waals surface area contributed by atoms with Gasteiger partial charge in [-0.05, 0) is 44.3 Å². The summed E-state index contributed by atoms with van der Waals surface area (Å²) >= 11 is 5.27. The highest BCUT2D eigenvalue weighted by Crippen LogP contribution is 2.38. The third-order valence-electron chi connectivity index (χ3n) is 3.14. The molecular formula is C16H18BrNOS. The average Bonchev–Trinajstić information content (AvgIpc) is 2.46. The van der Waals surface area contributed by atoms with E-state index in [4.69, 9.17) is 4.74 Å². The minimum absolute atomic E-state index is 0.237. The quantitative estimate of drug-likeness (QED) is 0.828. The smallest absolute Gasteiger partial charge is 0.124 e. The van der Waals surface area contributed by atoms with Crippen LogP contribution in [0.4, 0.5) is 0 Å². The van der Waals surface area contributed by atoms with Gasteiger partial charge in [-0.1, -0.05) is 39.8 Å². The lowest BCUT2D eigenvalue weighted by molar-refractivity contribution is 0.401. The third-order valence-corrected chi connectivity index (χ3v) is 4.69. The van der Waals surface area contributed by atoms with Crippen molar-refractivity contribution in [3.63, 3.8) is 0 Å². The summed E-state index contributed by atoms with van der Waals surface area (Å²) in [4.78, 5) is 2.42. The molecule has 0 fully saturated rings. The number of rotatable bonds is 5. The fraction of sp³-hybridized carbons (Fsp3) is 0.250. The Morgan fingerprint density at radius 2 is 1.95 bits per heavy atom. The van der Waals surface area contributed by atoms with E-state index in [0.717, 1.165) is 10.2 Å². The first-order valence-corrected chi connectivity index (χ1v) is 8.04. The molecular weight excluding hydrogens is 334 g/mol. The van der Waals surface area contributed by atoms with Crippen LogP contribution in [0.3, 0.4) is 0 Å². The van der Waals surface area contributed by atoms with Crippen LogP contribution in [0.25, 0.3) is 0 Å². The van der Waals surface area contributed by atoms with Crippen LogP contribution in [0.2, 0.25) is 0 Å². The van der Waals surface area contributed by atoms with Gasteiger partial charge in [0.25, 0.3) is 0 Å². The van der Waals surface area contributed by atoms with Crippen molar-refractivity contribution in [3.8, 4) is 5.75 Å². The Morgan fingerprint density at radius 1 is 1.20 bits per heavy atom. The highest BCUT2D eigenvalue weighted by molar-refractivity contribution is 9.10. The number of methoxy groups -OCH3 is 1. The van der Waals surface area contributed by atoms with E-state index < -0.39 is 0 Å². The van der Waals surface area contributed by atoms with Gasteiger partial charge in [-0.3, -0.25) is 0 Å². The van der Waals surface area contributed by atoms with Crippen LogP contribution in [0.1, 0.15) is 18.5 Å². The Morgan fingerprint density at radius 3 is 2.60 bits per heavy atom. The molecule has 0 aliphatic carbocycles. The number of nitrogens with one attached hydrogen (secondary N) is 1. The fourth-order valence-electron chi connectivity index (χ4n) is 2.02. The summed E-state index contributed by atoms with van der Waals surface area (Å²) in [6.07, 6.45) is 0. The molecule has 1 atom stereocenters. The van der Waals surface area contributed by atoms with Crippen LogP contribution >= 0.6 is 27.7 Å². The molecule has 0 radical (unpaired) electrons. The SMILES string of the molecule is CNC(C)c1c(OC)cccc1Sc1cccc(Br)c1. The Balaban J connectivity index is 2.40. The van der Waals surface area contributed by atoms with Gasteiger partial charge in [0.2, 0.25) is 0 Å². The summed E-state index contributed by atoms with van der Waals surface area (Å²) < 4.78 is 6.60. The molecule has 0 aliphatic heterocycles. The van der Waals surface area contributed by atoms with Gasteiger partial charge in [0.1, 0.15) is 5.75 Å². The predicted molar refractivity (Wildman–Crippen MR) is 88.7 cm³/mol. The van der Waals surface area contributed by atoms with Crippen molar-refractivity contribution < 1.29 is 4.74 Å². The Kier molecular flexibility index (Phi) is 5.52. The lowest BCUT2D eigenvalue weighted by atomic mass is 10.1. The van der Waals surface area contributed by atoms with E-state index in [1.165, 1.54) is 15.4 Å². The van der Waals surface area contributed by atoms with Crippen molar-refractivity contribution in [3.05, 3.63) is 52.5 Å². The van der Waals surface area contributed by atoms with Gasteiger partial charge in [0.05, 0.1) is 7.11 Å². The van der Waals surface area contributed by atoms with Gasteiger partial charge in [-0.2, -0.15) is 0 Å². The van der Waals surface area contributed by atoms with Crippen LogP contribution in [0, 0.1) is 0 Å². The molecule has 0 saturated carbocycles. The van der Waals surface area contributed by atoms with Gasteiger partial charge >= 0.3 is 0 Å². The molecule has 0 spiro atoms. The molecule has 0 aromatic heterocycles. The molecule has 2 nitrogen and oxygen atoms in total. The van der Waals surface area contributed by atoms with Crippen LogP contribution in [0.5, 0.6) is 5.75 Å². The van der Waals surface area contributed by atoms with Gasteiger partial charge in [-0.15, -0.1) is 0 Å². The van der Waals surface area contributed by atoms with Gasteiger partial charge in [0.15, 0.2) is 0 Å². The first kappa shape index (κ1) is 15.4. The second-order valence-corrected chi connectivity index (χ2v) is 6.47.